The fourth-order valence-electron chi connectivity index (χ4n) is 3.01. The van der Waals surface area contributed by atoms with Crippen LogP contribution in [0.2, 0.25) is 0 Å². The van der Waals surface area contributed by atoms with Crippen molar-refractivity contribution in [1.29, 1.82) is 0 Å². The van der Waals surface area contributed by atoms with Gasteiger partial charge < -0.3 is 18.8 Å². The molecule has 0 bridgehead atoms. The third-order valence-electron chi connectivity index (χ3n) is 4.68. The summed E-state index contributed by atoms with van der Waals surface area (Å²) < 4.78 is 15.3. The maximum absolute atomic E-state index is 12.5. The Morgan fingerprint density at radius 2 is 1.76 bits per heavy atom. The number of allylic oxidation sites excluding steroid dienone is 2. The summed E-state index contributed by atoms with van der Waals surface area (Å²) >= 11 is 1.68. The fraction of sp³-hybridized carbons (Fsp3) is 0.556. The first-order valence-electron chi connectivity index (χ1n) is 8.23. The molecule has 0 saturated carbocycles. The average molecular weight is 367 g/mol. The smallest absolute Gasteiger partial charge is 0.374 e. The Labute approximate surface area is 152 Å². The highest BCUT2D eigenvalue weighted by Gasteiger charge is 2.43. The van der Waals surface area contributed by atoms with Crippen LogP contribution in [0, 0.1) is 0 Å². The second kappa shape index (κ2) is 7.15. The lowest BCUT2D eigenvalue weighted by molar-refractivity contribution is 0.0526. The van der Waals surface area contributed by atoms with Crippen molar-refractivity contribution in [1.82, 2.24) is 0 Å². The van der Waals surface area contributed by atoms with E-state index in [2.05, 4.69) is 20.8 Å². The Morgan fingerprint density at radius 1 is 1.16 bits per heavy atom. The summed E-state index contributed by atoms with van der Waals surface area (Å²) in [5.74, 6) is -0.810. The predicted octanol–water partition coefficient (Wildman–Crippen LogP) is 4.30. The summed E-state index contributed by atoms with van der Waals surface area (Å²) in [5.41, 5.74) is 1.75. The molecular formula is C18H25NO5S. The molecule has 0 N–H and O–H groups in total. The summed E-state index contributed by atoms with van der Waals surface area (Å²) in [4.78, 5) is 27.9. The molecule has 0 saturated heterocycles. The van der Waals surface area contributed by atoms with Gasteiger partial charge in [0.1, 0.15) is 17.0 Å². The van der Waals surface area contributed by atoms with E-state index in [1.54, 1.807) is 11.8 Å². The average Bonchev–Trinajstić information content (AvgIpc) is 2.98. The highest BCUT2D eigenvalue weighted by atomic mass is 32.2. The molecule has 1 aromatic rings. The minimum absolute atomic E-state index is 0.106. The number of fused-ring (bicyclic) bond motifs is 1. The molecule has 0 radical (unpaired) electrons. The van der Waals surface area contributed by atoms with E-state index in [1.807, 2.05) is 18.7 Å². The molecule has 25 heavy (non-hydrogen) atoms. The van der Waals surface area contributed by atoms with Crippen molar-refractivity contribution in [2.45, 2.75) is 45.8 Å². The lowest BCUT2D eigenvalue weighted by Crippen LogP contribution is -2.25. The molecule has 2 rings (SSSR count). The lowest BCUT2D eigenvalue weighted by atomic mass is 10.0. The predicted molar refractivity (Wildman–Crippen MR) is 98.0 cm³/mol. The van der Waals surface area contributed by atoms with Crippen molar-refractivity contribution in [2.24, 2.45) is 0 Å². The number of ether oxygens (including phenoxy) is 2. The van der Waals surface area contributed by atoms with E-state index in [9.17, 15) is 9.59 Å². The lowest BCUT2D eigenvalue weighted by Gasteiger charge is -2.26. The number of furan rings is 1. The third-order valence-corrected chi connectivity index (χ3v) is 6.20. The van der Waals surface area contributed by atoms with Gasteiger partial charge in [-0.3, -0.25) is 0 Å². The second-order valence-corrected chi connectivity index (χ2v) is 7.76. The SMILES string of the molecule is CCN1C(C)=C(C)SC(C)(CC)c2oc(C(=O)OC)c(C(=O)OC)c21. The van der Waals surface area contributed by atoms with Crippen molar-refractivity contribution >= 4 is 29.4 Å². The first kappa shape index (κ1) is 19.4. The molecule has 1 atom stereocenters. The van der Waals surface area contributed by atoms with Crippen molar-refractivity contribution in [3.63, 3.8) is 0 Å². The van der Waals surface area contributed by atoms with Crippen LogP contribution in [0.3, 0.4) is 0 Å². The van der Waals surface area contributed by atoms with Gasteiger partial charge in [0.15, 0.2) is 0 Å². The van der Waals surface area contributed by atoms with Crippen molar-refractivity contribution < 1.29 is 23.5 Å². The number of rotatable bonds is 4. The van der Waals surface area contributed by atoms with Crippen LogP contribution >= 0.6 is 11.8 Å². The van der Waals surface area contributed by atoms with E-state index in [-0.39, 0.29) is 11.3 Å². The van der Waals surface area contributed by atoms with E-state index in [1.165, 1.54) is 14.2 Å². The van der Waals surface area contributed by atoms with E-state index in [0.717, 1.165) is 17.0 Å². The van der Waals surface area contributed by atoms with Gasteiger partial charge >= 0.3 is 11.9 Å². The van der Waals surface area contributed by atoms with Gasteiger partial charge in [0.25, 0.3) is 0 Å². The van der Waals surface area contributed by atoms with Crippen LogP contribution in [0.1, 0.15) is 67.7 Å². The van der Waals surface area contributed by atoms with Crippen molar-refractivity contribution in [2.75, 3.05) is 25.7 Å². The Bertz CT molecular complexity index is 736. The zero-order valence-corrected chi connectivity index (χ0v) is 16.6. The number of esters is 2. The monoisotopic (exact) mass is 367 g/mol. The first-order valence-corrected chi connectivity index (χ1v) is 9.05. The number of carbonyl (C=O) groups is 2. The number of anilines is 1. The minimum atomic E-state index is -0.689. The minimum Gasteiger partial charge on any atom is -0.465 e. The second-order valence-electron chi connectivity index (χ2n) is 6.04. The Hall–Kier alpha value is -1.89. The van der Waals surface area contributed by atoms with Crippen molar-refractivity contribution in [3.8, 4) is 0 Å². The van der Waals surface area contributed by atoms with Gasteiger partial charge in [-0.25, -0.2) is 9.59 Å². The molecule has 138 valence electrons. The third kappa shape index (κ3) is 3.05. The van der Waals surface area contributed by atoms with Gasteiger partial charge in [-0.1, -0.05) is 6.92 Å². The summed E-state index contributed by atoms with van der Waals surface area (Å²) in [5, 5.41) is 0. The number of methoxy groups -OCH3 is 2. The molecule has 0 aromatic carbocycles. The summed E-state index contributed by atoms with van der Waals surface area (Å²) in [6, 6.07) is 0. The quantitative estimate of drug-likeness (QED) is 0.735. The number of thioether (sulfide) groups is 1. The molecule has 1 aromatic heterocycles. The van der Waals surface area contributed by atoms with E-state index in [4.69, 9.17) is 13.9 Å². The summed E-state index contributed by atoms with van der Waals surface area (Å²) in [7, 11) is 2.55. The van der Waals surface area contributed by atoms with Gasteiger partial charge in [0, 0.05) is 17.1 Å². The first-order chi connectivity index (χ1) is 11.7. The molecule has 0 aliphatic carbocycles. The molecule has 1 aliphatic rings. The van der Waals surface area contributed by atoms with E-state index < -0.39 is 16.7 Å². The highest BCUT2D eigenvalue weighted by Crippen LogP contribution is 2.53. The molecule has 0 spiro atoms. The van der Waals surface area contributed by atoms with Gasteiger partial charge in [0.05, 0.1) is 19.0 Å². The summed E-state index contributed by atoms with van der Waals surface area (Å²) in [6.45, 7) is 10.8. The van der Waals surface area contributed by atoms with E-state index in [0.29, 0.717) is 18.0 Å². The zero-order chi connectivity index (χ0) is 18.9. The van der Waals surface area contributed by atoms with Crippen LogP contribution in [0.4, 0.5) is 5.69 Å². The zero-order valence-electron chi connectivity index (χ0n) is 15.8. The Kier molecular flexibility index (Phi) is 5.56. The van der Waals surface area contributed by atoms with Crippen LogP contribution in [0.5, 0.6) is 0 Å². The van der Waals surface area contributed by atoms with Gasteiger partial charge in [-0.15, -0.1) is 11.8 Å². The highest BCUT2D eigenvalue weighted by molar-refractivity contribution is 8.03. The molecule has 1 aliphatic heterocycles. The number of nitrogens with zero attached hydrogens (tertiary/aromatic N) is 1. The van der Waals surface area contributed by atoms with Gasteiger partial charge in [-0.2, -0.15) is 0 Å². The number of hydrogen-bond donors (Lipinski definition) is 0. The molecule has 7 heteroatoms. The maximum atomic E-state index is 12.5. The Balaban J connectivity index is 2.92. The van der Waals surface area contributed by atoms with Crippen LogP contribution in [-0.2, 0) is 14.2 Å². The van der Waals surface area contributed by atoms with Crippen molar-refractivity contribution in [3.05, 3.63) is 27.7 Å². The number of hydrogen-bond acceptors (Lipinski definition) is 7. The van der Waals surface area contributed by atoms with Gasteiger partial charge in [0.2, 0.25) is 5.76 Å². The topological polar surface area (TPSA) is 69.0 Å². The standard InChI is InChI=1S/C18H25NO5S/c1-8-18(5)15-13(19(9-2)10(3)11(4)25-18)12(16(20)22-6)14(24-15)17(21)23-7/h8-9H2,1-7H3. The number of carbonyl (C=O) groups excluding carboxylic acids is 2. The molecule has 0 amide bonds. The largest absolute Gasteiger partial charge is 0.465 e. The maximum Gasteiger partial charge on any atom is 0.374 e. The molecule has 6 nitrogen and oxygen atoms in total. The van der Waals surface area contributed by atoms with E-state index >= 15 is 0 Å². The molecule has 1 unspecified atom stereocenters. The fourth-order valence-corrected chi connectivity index (χ4v) is 4.32. The van der Waals surface area contributed by atoms with Crippen LogP contribution in [0.25, 0.3) is 0 Å². The summed E-state index contributed by atoms with van der Waals surface area (Å²) in [6.07, 6.45) is 0.765. The van der Waals surface area contributed by atoms with Crippen LogP contribution in [0.15, 0.2) is 15.0 Å². The van der Waals surface area contributed by atoms with Crippen LogP contribution < -0.4 is 4.90 Å². The van der Waals surface area contributed by atoms with Crippen LogP contribution in [-0.4, -0.2) is 32.7 Å². The molecule has 0 fully saturated rings. The van der Waals surface area contributed by atoms with Gasteiger partial charge in [-0.05, 0) is 34.1 Å². The molecular weight excluding hydrogens is 342 g/mol. The Morgan fingerprint density at radius 3 is 2.24 bits per heavy atom. The normalized spacial score (nSPS) is 20.2. The molecule has 2 heterocycles.